The van der Waals surface area contributed by atoms with Gasteiger partial charge in [0.1, 0.15) is 11.6 Å². The topological polar surface area (TPSA) is 70.9 Å². The third kappa shape index (κ3) is 2.05. The second kappa shape index (κ2) is 4.48. The molecule has 0 unspecified atom stereocenters. The summed E-state index contributed by atoms with van der Waals surface area (Å²) in [5.41, 5.74) is 1.73. The summed E-state index contributed by atoms with van der Waals surface area (Å²) >= 11 is 0. The summed E-state index contributed by atoms with van der Waals surface area (Å²) in [6.07, 6.45) is 0. The number of benzene rings is 1. The van der Waals surface area contributed by atoms with Gasteiger partial charge >= 0.3 is 0 Å². The average molecular weight is 273 g/mol. The first kappa shape index (κ1) is 12.4. The molecule has 0 aliphatic carbocycles. The fourth-order valence-electron chi connectivity index (χ4n) is 2.20. The van der Waals surface area contributed by atoms with Crippen LogP contribution >= 0.6 is 0 Å². The number of halogens is 1. The van der Waals surface area contributed by atoms with E-state index in [1.54, 1.807) is 26.0 Å². The molecule has 0 aliphatic heterocycles. The van der Waals surface area contributed by atoms with Crippen LogP contribution in [0.5, 0.6) is 0 Å². The van der Waals surface area contributed by atoms with Crippen molar-refractivity contribution >= 4 is 22.6 Å². The number of aromatic amines is 1. The molecule has 0 radical (unpaired) electrons. The number of nitrogens with zero attached hydrogens (tertiary/aromatic N) is 1. The first-order valence-electron chi connectivity index (χ1n) is 6.07. The van der Waals surface area contributed by atoms with E-state index >= 15 is 0 Å². The van der Waals surface area contributed by atoms with Gasteiger partial charge in [-0.3, -0.25) is 4.79 Å². The van der Waals surface area contributed by atoms with Crippen LogP contribution in [0.1, 0.15) is 21.8 Å². The van der Waals surface area contributed by atoms with Crippen molar-refractivity contribution in [1.29, 1.82) is 0 Å². The molecule has 0 fully saturated rings. The number of anilines is 1. The number of aryl methyl sites for hydroxylation is 2. The van der Waals surface area contributed by atoms with Gasteiger partial charge in [0.05, 0.1) is 5.56 Å². The highest BCUT2D eigenvalue weighted by Crippen LogP contribution is 2.24. The SMILES string of the molecule is Cc1cc(NC(=O)c2c(C)[nH]c3cc(F)ccc23)no1. The van der Waals surface area contributed by atoms with E-state index < -0.39 is 0 Å². The number of nitrogens with one attached hydrogen (secondary N) is 2. The van der Waals surface area contributed by atoms with Crippen molar-refractivity contribution in [1.82, 2.24) is 10.1 Å². The monoisotopic (exact) mass is 273 g/mol. The number of H-pyrrole nitrogens is 1. The molecule has 1 aromatic carbocycles. The molecule has 0 atom stereocenters. The molecular weight excluding hydrogens is 261 g/mol. The number of rotatable bonds is 2. The Kier molecular flexibility index (Phi) is 2.78. The molecule has 2 N–H and O–H groups in total. The van der Waals surface area contributed by atoms with Crippen molar-refractivity contribution in [3.63, 3.8) is 0 Å². The predicted molar refractivity (Wildman–Crippen MR) is 72.2 cm³/mol. The molecule has 5 nitrogen and oxygen atoms in total. The minimum atomic E-state index is -0.349. The van der Waals surface area contributed by atoms with Crippen molar-refractivity contribution in [2.24, 2.45) is 0 Å². The lowest BCUT2D eigenvalue weighted by molar-refractivity contribution is 0.102. The zero-order valence-electron chi connectivity index (χ0n) is 11.0. The predicted octanol–water partition coefficient (Wildman–Crippen LogP) is 3.16. The molecule has 0 saturated heterocycles. The lowest BCUT2D eigenvalue weighted by Crippen LogP contribution is -2.12. The Labute approximate surface area is 113 Å². The van der Waals surface area contributed by atoms with Gasteiger partial charge < -0.3 is 14.8 Å². The van der Waals surface area contributed by atoms with Crippen LogP contribution in [0.4, 0.5) is 10.2 Å². The molecule has 1 amide bonds. The number of fused-ring (bicyclic) bond motifs is 1. The first-order valence-corrected chi connectivity index (χ1v) is 6.07. The van der Waals surface area contributed by atoms with Crippen molar-refractivity contribution in [2.75, 3.05) is 5.32 Å². The van der Waals surface area contributed by atoms with Crippen molar-refractivity contribution in [3.05, 3.63) is 47.1 Å². The standard InChI is InChI=1S/C14H12FN3O2/c1-7-5-12(18-20-7)17-14(19)13-8(2)16-11-6-9(15)3-4-10(11)13/h3-6,16H,1-2H3,(H,17,18,19). The summed E-state index contributed by atoms with van der Waals surface area (Å²) in [5.74, 6) is 0.299. The van der Waals surface area contributed by atoms with Gasteiger partial charge in [0.25, 0.3) is 5.91 Å². The Morgan fingerprint density at radius 2 is 2.15 bits per heavy atom. The van der Waals surface area contributed by atoms with Gasteiger partial charge in [-0.05, 0) is 32.0 Å². The van der Waals surface area contributed by atoms with E-state index in [1.165, 1.54) is 12.1 Å². The minimum Gasteiger partial charge on any atom is -0.360 e. The molecule has 3 rings (SSSR count). The van der Waals surface area contributed by atoms with Gasteiger partial charge in [0, 0.05) is 22.7 Å². The van der Waals surface area contributed by atoms with Crippen LogP contribution in [0.2, 0.25) is 0 Å². The van der Waals surface area contributed by atoms with Crippen LogP contribution in [0.25, 0.3) is 10.9 Å². The molecule has 0 bridgehead atoms. The summed E-state index contributed by atoms with van der Waals surface area (Å²) in [5, 5.41) is 7.04. The Bertz CT molecular complexity index is 804. The van der Waals surface area contributed by atoms with E-state index in [2.05, 4.69) is 15.5 Å². The molecule has 6 heteroatoms. The van der Waals surface area contributed by atoms with Crippen molar-refractivity contribution in [3.8, 4) is 0 Å². The van der Waals surface area contributed by atoms with Gasteiger partial charge in [0.15, 0.2) is 5.82 Å². The zero-order chi connectivity index (χ0) is 14.3. The van der Waals surface area contributed by atoms with Crippen LogP contribution < -0.4 is 5.32 Å². The maximum Gasteiger partial charge on any atom is 0.259 e. The van der Waals surface area contributed by atoms with Crippen LogP contribution in [0, 0.1) is 19.7 Å². The minimum absolute atomic E-state index is 0.311. The summed E-state index contributed by atoms with van der Waals surface area (Å²) in [7, 11) is 0. The van der Waals surface area contributed by atoms with E-state index in [0.29, 0.717) is 33.7 Å². The highest BCUT2D eigenvalue weighted by atomic mass is 19.1. The van der Waals surface area contributed by atoms with E-state index in [4.69, 9.17) is 4.52 Å². The third-order valence-corrected chi connectivity index (χ3v) is 3.04. The van der Waals surface area contributed by atoms with Gasteiger partial charge in [0.2, 0.25) is 0 Å². The molecule has 3 aromatic rings. The normalized spacial score (nSPS) is 10.9. The molecule has 102 valence electrons. The number of carbonyl (C=O) groups is 1. The number of hydrogen-bond acceptors (Lipinski definition) is 3. The zero-order valence-corrected chi connectivity index (χ0v) is 11.0. The maximum atomic E-state index is 13.2. The number of amides is 1. The molecule has 2 aromatic heterocycles. The first-order chi connectivity index (χ1) is 9.54. The average Bonchev–Trinajstić information content (AvgIpc) is 2.91. The highest BCUT2D eigenvalue weighted by Gasteiger charge is 2.17. The lowest BCUT2D eigenvalue weighted by atomic mass is 10.1. The van der Waals surface area contributed by atoms with Crippen LogP contribution in [-0.2, 0) is 0 Å². The number of carbonyl (C=O) groups excluding carboxylic acids is 1. The molecule has 0 spiro atoms. The van der Waals surface area contributed by atoms with Crippen LogP contribution in [0.3, 0.4) is 0 Å². The van der Waals surface area contributed by atoms with Gasteiger partial charge in [-0.25, -0.2) is 4.39 Å². The molecule has 2 heterocycles. The Balaban J connectivity index is 2.01. The van der Waals surface area contributed by atoms with Crippen LogP contribution in [0.15, 0.2) is 28.8 Å². The Morgan fingerprint density at radius 3 is 2.85 bits per heavy atom. The number of hydrogen-bond donors (Lipinski definition) is 2. The summed E-state index contributed by atoms with van der Waals surface area (Å²) in [4.78, 5) is 15.3. The fraction of sp³-hybridized carbons (Fsp3) is 0.143. The van der Waals surface area contributed by atoms with Gasteiger partial charge in [-0.15, -0.1) is 0 Å². The quantitative estimate of drug-likeness (QED) is 0.753. The molecule has 0 saturated carbocycles. The largest absolute Gasteiger partial charge is 0.360 e. The van der Waals surface area contributed by atoms with Crippen LogP contribution in [-0.4, -0.2) is 16.0 Å². The van der Waals surface area contributed by atoms with Crippen molar-refractivity contribution in [2.45, 2.75) is 13.8 Å². The smallest absolute Gasteiger partial charge is 0.259 e. The highest BCUT2D eigenvalue weighted by molar-refractivity contribution is 6.13. The van der Waals surface area contributed by atoms with Crippen molar-refractivity contribution < 1.29 is 13.7 Å². The maximum absolute atomic E-state index is 13.2. The summed E-state index contributed by atoms with van der Waals surface area (Å²) in [6, 6.07) is 5.89. The second-order valence-electron chi connectivity index (χ2n) is 4.59. The third-order valence-electron chi connectivity index (χ3n) is 3.04. The lowest BCUT2D eigenvalue weighted by Gasteiger charge is -2.01. The summed E-state index contributed by atoms with van der Waals surface area (Å²) in [6.45, 7) is 3.50. The number of aromatic nitrogens is 2. The summed E-state index contributed by atoms with van der Waals surface area (Å²) < 4.78 is 18.1. The van der Waals surface area contributed by atoms with Gasteiger partial charge in [-0.2, -0.15) is 0 Å². The molecule has 0 aliphatic rings. The Morgan fingerprint density at radius 1 is 1.35 bits per heavy atom. The van der Waals surface area contributed by atoms with E-state index in [0.717, 1.165) is 0 Å². The van der Waals surface area contributed by atoms with E-state index in [-0.39, 0.29) is 11.7 Å². The second-order valence-corrected chi connectivity index (χ2v) is 4.59. The Hall–Kier alpha value is -2.63. The van der Waals surface area contributed by atoms with E-state index in [9.17, 15) is 9.18 Å². The fourth-order valence-corrected chi connectivity index (χ4v) is 2.20. The van der Waals surface area contributed by atoms with Gasteiger partial charge in [-0.1, -0.05) is 5.16 Å². The molecular formula is C14H12FN3O2. The molecule has 20 heavy (non-hydrogen) atoms. The van der Waals surface area contributed by atoms with E-state index in [1.807, 2.05) is 0 Å².